The molecule has 0 saturated heterocycles. The highest BCUT2D eigenvalue weighted by atomic mass is 35.5. The zero-order chi connectivity index (χ0) is 13.3. The highest BCUT2D eigenvalue weighted by Gasteiger charge is 2.17. The Labute approximate surface area is 111 Å². The Bertz CT molecular complexity index is 599. The van der Waals surface area contributed by atoms with Crippen LogP contribution in [0.5, 0.6) is 5.75 Å². The summed E-state index contributed by atoms with van der Waals surface area (Å²) in [5.74, 6) is 1.26. The fourth-order valence-electron chi connectivity index (χ4n) is 1.97. The lowest BCUT2D eigenvalue weighted by Crippen LogP contribution is -2.00. The van der Waals surface area contributed by atoms with Crippen LogP contribution in [0.1, 0.15) is 16.7 Å². The first-order valence-electron chi connectivity index (χ1n) is 5.55. The number of benzene rings is 1. The van der Waals surface area contributed by atoms with Crippen molar-refractivity contribution in [1.82, 2.24) is 15.2 Å². The average Bonchev–Trinajstić information content (AvgIpc) is 2.33. The van der Waals surface area contributed by atoms with Gasteiger partial charge in [-0.15, -0.1) is 5.10 Å². The van der Waals surface area contributed by atoms with Crippen LogP contribution >= 0.6 is 11.6 Å². The van der Waals surface area contributed by atoms with Crippen LogP contribution in [-0.2, 0) is 0 Å². The van der Waals surface area contributed by atoms with Gasteiger partial charge in [-0.1, -0.05) is 17.7 Å². The number of aromatic nitrogens is 3. The van der Waals surface area contributed by atoms with E-state index in [1.165, 1.54) is 11.8 Å². The van der Waals surface area contributed by atoms with E-state index in [1.807, 2.05) is 20.8 Å². The smallest absolute Gasteiger partial charge is 0.187 e. The third-order valence-electron chi connectivity index (χ3n) is 2.94. The molecule has 2 rings (SSSR count). The number of hydrogen-bond acceptors (Lipinski definition) is 4. The summed E-state index contributed by atoms with van der Waals surface area (Å²) in [6, 6.07) is 2.08. The third-order valence-corrected chi connectivity index (χ3v) is 3.13. The molecule has 0 atom stereocenters. The molecule has 0 radical (unpaired) electrons. The van der Waals surface area contributed by atoms with Gasteiger partial charge in [-0.05, 0) is 37.5 Å². The minimum atomic E-state index is 0.319. The molecule has 0 spiro atoms. The second kappa shape index (κ2) is 4.90. The summed E-state index contributed by atoms with van der Waals surface area (Å²) >= 11 is 5.86. The molecule has 5 heteroatoms. The van der Waals surface area contributed by atoms with E-state index in [1.54, 1.807) is 7.11 Å². The summed E-state index contributed by atoms with van der Waals surface area (Å²) in [6.45, 7) is 6.05. The first-order valence-corrected chi connectivity index (χ1v) is 5.92. The lowest BCUT2D eigenvalue weighted by molar-refractivity contribution is 0.412. The predicted octanol–water partition coefficient (Wildman–Crippen LogP) is 3.13. The van der Waals surface area contributed by atoms with Gasteiger partial charge >= 0.3 is 0 Å². The first-order chi connectivity index (χ1) is 8.54. The standard InChI is InChI=1S/C13H14ClN3O/c1-7-5-8(2)11(12(18-4)9(7)3)13-16-10(14)6-15-17-13/h5-6H,1-4H3. The quantitative estimate of drug-likeness (QED) is 0.835. The van der Waals surface area contributed by atoms with Gasteiger partial charge in [0.1, 0.15) is 5.75 Å². The van der Waals surface area contributed by atoms with Gasteiger partial charge in [0.15, 0.2) is 11.0 Å². The van der Waals surface area contributed by atoms with Crippen molar-refractivity contribution in [3.05, 3.63) is 34.1 Å². The Balaban J connectivity index is 2.74. The topological polar surface area (TPSA) is 47.9 Å². The maximum atomic E-state index is 5.86. The molecular weight excluding hydrogens is 250 g/mol. The molecule has 18 heavy (non-hydrogen) atoms. The number of methoxy groups -OCH3 is 1. The van der Waals surface area contributed by atoms with E-state index in [-0.39, 0.29) is 0 Å². The summed E-state index contributed by atoms with van der Waals surface area (Å²) in [5, 5.41) is 8.17. The monoisotopic (exact) mass is 263 g/mol. The van der Waals surface area contributed by atoms with E-state index >= 15 is 0 Å². The molecule has 4 nitrogen and oxygen atoms in total. The first kappa shape index (κ1) is 12.8. The summed E-state index contributed by atoms with van der Waals surface area (Å²) in [5.41, 5.74) is 4.12. The minimum absolute atomic E-state index is 0.319. The van der Waals surface area contributed by atoms with Crippen molar-refractivity contribution in [3.63, 3.8) is 0 Å². The molecule has 0 unspecified atom stereocenters. The van der Waals surface area contributed by atoms with Crippen molar-refractivity contribution >= 4 is 11.6 Å². The van der Waals surface area contributed by atoms with E-state index in [4.69, 9.17) is 16.3 Å². The van der Waals surface area contributed by atoms with E-state index in [0.717, 1.165) is 22.4 Å². The van der Waals surface area contributed by atoms with Crippen molar-refractivity contribution in [2.45, 2.75) is 20.8 Å². The number of aryl methyl sites for hydroxylation is 2. The van der Waals surface area contributed by atoms with Crippen LogP contribution in [0.25, 0.3) is 11.4 Å². The molecule has 2 aromatic rings. The fraction of sp³-hybridized carbons (Fsp3) is 0.308. The summed E-state index contributed by atoms with van der Waals surface area (Å²) in [7, 11) is 1.64. The van der Waals surface area contributed by atoms with Crippen LogP contribution in [0.15, 0.2) is 12.3 Å². The number of rotatable bonds is 2. The van der Waals surface area contributed by atoms with Gasteiger partial charge in [0.05, 0.1) is 18.9 Å². The van der Waals surface area contributed by atoms with Gasteiger partial charge in [-0.3, -0.25) is 0 Å². The number of hydrogen-bond donors (Lipinski definition) is 0. The highest BCUT2D eigenvalue weighted by Crippen LogP contribution is 2.35. The predicted molar refractivity (Wildman–Crippen MR) is 71.0 cm³/mol. The van der Waals surface area contributed by atoms with Crippen LogP contribution in [0.4, 0.5) is 0 Å². The van der Waals surface area contributed by atoms with Gasteiger partial charge in [-0.25, -0.2) is 4.98 Å². The largest absolute Gasteiger partial charge is 0.496 e. The molecule has 0 bridgehead atoms. The van der Waals surface area contributed by atoms with E-state index < -0.39 is 0 Å². The van der Waals surface area contributed by atoms with Crippen molar-refractivity contribution in [2.24, 2.45) is 0 Å². The Kier molecular flexibility index (Phi) is 3.48. The molecular formula is C13H14ClN3O. The summed E-state index contributed by atoms with van der Waals surface area (Å²) < 4.78 is 5.48. The van der Waals surface area contributed by atoms with E-state index in [2.05, 4.69) is 21.2 Å². The molecule has 1 heterocycles. The van der Waals surface area contributed by atoms with Crippen LogP contribution in [0, 0.1) is 20.8 Å². The molecule has 0 fully saturated rings. The molecule has 0 aliphatic heterocycles. The lowest BCUT2D eigenvalue weighted by atomic mass is 9.98. The lowest BCUT2D eigenvalue weighted by Gasteiger charge is -2.15. The van der Waals surface area contributed by atoms with Crippen molar-refractivity contribution in [2.75, 3.05) is 7.11 Å². The number of ether oxygens (including phenoxy) is 1. The van der Waals surface area contributed by atoms with Gasteiger partial charge in [0.2, 0.25) is 0 Å². The SMILES string of the molecule is COc1c(C)c(C)cc(C)c1-c1nncc(Cl)n1. The van der Waals surface area contributed by atoms with Crippen molar-refractivity contribution in [1.29, 1.82) is 0 Å². The van der Waals surface area contributed by atoms with Gasteiger partial charge in [-0.2, -0.15) is 5.10 Å². The Morgan fingerprint density at radius 3 is 2.50 bits per heavy atom. The normalized spacial score (nSPS) is 10.5. The second-order valence-corrected chi connectivity index (χ2v) is 4.53. The van der Waals surface area contributed by atoms with Crippen LogP contribution in [-0.4, -0.2) is 22.3 Å². The average molecular weight is 264 g/mol. The summed E-state index contributed by atoms with van der Waals surface area (Å²) in [6.07, 6.45) is 1.41. The highest BCUT2D eigenvalue weighted by molar-refractivity contribution is 6.29. The van der Waals surface area contributed by atoms with E-state index in [9.17, 15) is 0 Å². The Hall–Kier alpha value is -1.68. The van der Waals surface area contributed by atoms with Crippen molar-refractivity contribution < 1.29 is 4.74 Å². The van der Waals surface area contributed by atoms with Gasteiger partial charge in [0.25, 0.3) is 0 Å². The Morgan fingerprint density at radius 1 is 1.17 bits per heavy atom. The van der Waals surface area contributed by atoms with Crippen LogP contribution in [0.3, 0.4) is 0 Å². The summed E-state index contributed by atoms with van der Waals surface area (Å²) in [4.78, 5) is 4.20. The maximum Gasteiger partial charge on any atom is 0.187 e. The van der Waals surface area contributed by atoms with Crippen LogP contribution in [0.2, 0.25) is 5.15 Å². The van der Waals surface area contributed by atoms with Crippen molar-refractivity contribution in [3.8, 4) is 17.1 Å². The maximum absolute atomic E-state index is 5.86. The van der Waals surface area contributed by atoms with E-state index in [0.29, 0.717) is 11.0 Å². The zero-order valence-corrected chi connectivity index (χ0v) is 11.5. The number of halogens is 1. The molecule has 1 aromatic carbocycles. The molecule has 0 aliphatic rings. The molecule has 94 valence electrons. The zero-order valence-electron chi connectivity index (χ0n) is 10.8. The molecule has 0 N–H and O–H groups in total. The second-order valence-electron chi connectivity index (χ2n) is 4.15. The Morgan fingerprint density at radius 2 is 1.89 bits per heavy atom. The third kappa shape index (κ3) is 2.16. The molecule has 0 saturated carbocycles. The molecule has 0 aliphatic carbocycles. The molecule has 1 aromatic heterocycles. The van der Waals surface area contributed by atoms with Gasteiger partial charge < -0.3 is 4.74 Å². The fourth-order valence-corrected chi connectivity index (χ4v) is 2.10. The minimum Gasteiger partial charge on any atom is -0.496 e. The van der Waals surface area contributed by atoms with Crippen LogP contribution < -0.4 is 4.74 Å². The van der Waals surface area contributed by atoms with Gasteiger partial charge in [0, 0.05) is 0 Å². The molecule has 0 amide bonds. The number of nitrogens with zero attached hydrogens (tertiary/aromatic N) is 3.